The Morgan fingerprint density at radius 3 is 0.792 bits per heavy atom. The summed E-state index contributed by atoms with van der Waals surface area (Å²) in [6.07, 6.45) is 16.0. The molecule has 24 heavy (non-hydrogen) atoms. The Labute approximate surface area is 164 Å². The van der Waals surface area contributed by atoms with E-state index in [0.717, 1.165) is 0 Å². The summed E-state index contributed by atoms with van der Waals surface area (Å²) < 4.78 is 0. The van der Waals surface area contributed by atoms with Gasteiger partial charge < -0.3 is 0 Å². The molecule has 0 saturated carbocycles. The van der Waals surface area contributed by atoms with E-state index in [9.17, 15) is 0 Å². The zero-order valence-corrected chi connectivity index (χ0v) is 21.4. The van der Waals surface area contributed by atoms with Crippen LogP contribution in [0.1, 0.15) is 79.1 Å². The summed E-state index contributed by atoms with van der Waals surface area (Å²) in [7, 11) is 0. The molecule has 0 aliphatic rings. The number of halogens is 2. The molecule has 0 aliphatic heterocycles. The van der Waals surface area contributed by atoms with Gasteiger partial charge in [-0.3, -0.25) is 0 Å². The van der Waals surface area contributed by atoms with Crippen molar-refractivity contribution in [3.05, 3.63) is 0 Å². The third-order valence-corrected chi connectivity index (χ3v) is 12.0. The maximum absolute atomic E-state index is 7.44. The molecular formula is C20H48Cl2P2. The van der Waals surface area contributed by atoms with Crippen molar-refractivity contribution < 1.29 is 0 Å². The van der Waals surface area contributed by atoms with Gasteiger partial charge in [-0.15, -0.1) is 0 Å². The quantitative estimate of drug-likeness (QED) is 0.276. The fourth-order valence-corrected chi connectivity index (χ4v) is 10.1. The minimum absolute atomic E-state index is 1.30. The van der Waals surface area contributed by atoms with Crippen LogP contribution in [0.4, 0.5) is 0 Å². The summed E-state index contributed by atoms with van der Waals surface area (Å²) >= 11 is 13.4. The molecule has 152 valence electrons. The Morgan fingerprint density at radius 2 is 0.667 bits per heavy atom. The van der Waals surface area contributed by atoms with Gasteiger partial charge in [0, 0.05) is 0 Å². The normalized spacial score (nSPS) is 15.6. The molecule has 0 heterocycles. The number of unbranched alkanes of at least 4 members (excludes halogenated alkanes) is 4. The molecule has 0 bridgehead atoms. The molecule has 0 fully saturated rings. The summed E-state index contributed by atoms with van der Waals surface area (Å²) in [6, 6.07) is 0. The van der Waals surface area contributed by atoms with E-state index in [1.165, 1.54) is 76.0 Å². The van der Waals surface area contributed by atoms with E-state index in [1.807, 2.05) is 0 Å². The Morgan fingerprint density at radius 1 is 0.500 bits per heavy atom. The fourth-order valence-electron chi connectivity index (χ4n) is 2.88. The Kier molecular flexibility index (Phi) is 13.8. The Hall–Kier alpha value is 1.44. The molecule has 0 nitrogen and oxygen atoms in total. The molecule has 0 radical (unpaired) electrons. The van der Waals surface area contributed by atoms with Crippen LogP contribution >= 0.6 is 34.4 Å². The molecule has 4 heteroatoms. The molecule has 0 rings (SSSR count). The molecule has 0 aromatic rings. The molecule has 0 saturated heterocycles. The van der Waals surface area contributed by atoms with Crippen LogP contribution in [0.2, 0.25) is 0 Å². The van der Waals surface area contributed by atoms with Gasteiger partial charge in [0.05, 0.1) is 0 Å². The van der Waals surface area contributed by atoms with E-state index in [0.29, 0.717) is 0 Å². The first-order valence-corrected chi connectivity index (χ1v) is 19.0. The van der Waals surface area contributed by atoms with Gasteiger partial charge in [-0.1, -0.05) is 0 Å². The SMILES string of the molecule is CCCCP(Cl)(CCCC)(CCCC)CCCC.CP(C)(C)(C)Cl. The summed E-state index contributed by atoms with van der Waals surface area (Å²) in [5, 5.41) is 0. The van der Waals surface area contributed by atoms with Crippen molar-refractivity contribution >= 4 is 34.4 Å². The summed E-state index contributed by atoms with van der Waals surface area (Å²) in [5.74, 6) is -3.47. The van der Waals surface area contributed by atoms with E-state index in [2.05, 4.69) is 54.4 Å². The van der Waals surface area contributed by atoms with Crippen molar-refractivity contribution in [2.45, 2.75) is 79.1 Å². The predicted octanol–water partition coefficient (Wildman–Crippen LogP) is 9.11. The summed E-state index contributed by atoms with van der Waals surface area (Å²) in [6.45, 7) is 17.6. The van der Waals surface area contributed by atoms with Crippen molar-refractivity contribution in [2.24, 2.45) is 0 Å². The van der Waals surface area contributed by atoms with Gasteiger partial charge in [-0.05, 0) is 0 Å². The van der Waals surface area contributed by atoms with E-state index < -0.39 is 11.9 Å². The molecule has 0 aromatic heterocycles. The number of hydrogen-bond donors (Lipinski definition) is 0. The first-order valence-electron chi connectivity index (χ1n) is 10.2. The molecule has 0 atom stereocenters. The topological polar surface area (TPSA) is 0 Å². The van der Waals surface area contributed by atoms with Crippen molar-refractivity contribution in [1.82, 2.24) is 0 Å². The van der Waals surface area contributed by atoms with E-state index in [-0.39, 0.29) is 0 Å². The van der Waals surface area contributed by atoms with Gasteiger partial charge >= 0.3 is 165 Å². The van der Waals surface area contributed by atoms with E-state index in [1.54, 1.807) is 0 Å². The van der Waals surface area contributed by atoms with Gasteiger partial charge in [0.2, 0.25) is 0 Å². The Bertz CT molecular complexity index is 259. The fraction of sp³-hybridized carbons (Fsp3) is 1.00. The van der Waals surface area contributed by atoms with Crippen molar-refractivity contribution in [1.29, 1.82) is 0 Å². The first-order chi connectivity index (χ1) is 10.8. The van der Waals surface area contributed by atoms with Gasteiger partial charge in [0.25, 0.3) is 0 Å². The zero-order valence-electron chi connectivity index (χ0n) is 18.1. The second kappa shape index (κ2) is 12.0. The van der Waals surface area contributed by atoms with Crippen LogP contribution in [0.15, 0.2) is 0 Å². The van der Waals surface area contributed by atoms with Crippen LogP contribution in [-0.2, 0) is 0 Å². The predicted molar refractivity (Wildman–Crippen MR) is 128 cm³/mol. The van der Waals surface area contributed by atoms with Crippen molar-refractivity contribution in [3.8, 4) is 0 Å². The van der Waals surface area contributed by atoms with Crippen LogP contribution in [0.3, 0.4) is 0 Å². The molecule has 0 spiro atoms. The Balaban J connectivity index is 0. The average Bonchev–Trinajstić information content (AvgIpc) is 2.45. The van der Waals surface area contributed by atoms with Crippen molar-refractivity contribution in [2.75, 3.05) is 51.3 Å². The van der Waals surface area contributed by atoms with Crippen molar-refractivity contribution in [3.63, 3.8) is 0 Å². The van der Waals surface area contributed by atoms with Gasteiger partial charge in [0.15, 0.2) is 0 Å². The monoisotopic (exact) mass is 420 g/mol. The van der Waals surface area contributed by atoms with Crippen LogP contribution in [0.25, 0.3) is 0 Å². The van der Waals surface area contributed by atoms with Gasteiger partial charge in [0.1, 0.15) is 0 Å². The number of rotatable bonds is 12. The van der Waals surface area contributed by atoms with E-state index in [4.69, 9.17) is 22.5 Å². The second-order valence-electron chi connectivity index (χ2n) is 9.49. The molecule has 0 amide bonds. The minimum atomic E-state index is -1.89. The van der Waals surface area contributed by atoms with Gasteiger partial charge in [-0.2, -0.15) is 0 Å². The summed E-state index contributed by atoms with van der Waals surface area (Å²) in [4.78, 5) is 0. The third kappa shape index (κ3) is 18.2. The molecule has 0 N–H and O–H groups in total. The molecule has 0 aromatic carbocycles. The summed E-state index contributed by atoms with van der Waals surface area (Å²) in [5.41, 5.74) is 0. The molecule has 0 unspecified atom stereocenters. The van der Waals surface area contributed by atoms with Crippen LogP contribution in [0, 0.1) is 0 Å². The number of hydrogen-bond acceptors (Lipinski definition) is 0. The van der Waals surface area contributed by atoms with Crippen LogP contribution in [-0.4, -0.2) is 51.3 Å². The average molecular weight is 421 g/mol. The standard InChI is InChI=1S/C16H36ClP.C4H12ClP/c1-5-9-13-18(17,14-10-6-2,15-11-7-3)16-12-8-4;1-6(2,3,4)5/h5-16H2,1-4H3;1-4H3. The third-order valence-electron chi connectivity index (χ3n) is 4.28. The van der Waals surface area contributed by atoms with Gasteiger partial charge in [-0.25, -0.2) is 0 Å². The first kappa shape index (κ1) is 27.7. The van der Waals surface area contributed by atoms with Crippen LogP contribution in [0.5, 0.6) is 0 Å². The zero-order chi connectivity index (χ0) is 19.4. The second-order valence-corrected chi connectivity index (χ2v) is 28.6. The van der Waals surface area contributed by atoms with E-state index >= 15 is 0 Å². The molecular weight excluding hydrogens is 373 g/mol. The maximum atomic E-state index is 7.44. The van der Waals surface area contributed by atoms with Crippen LogP contribution < -0.4 is 0 Å². The molecule has 0 aliphatic carbocycles.